The molecule has 0 spiro atoms. The van der Waals surface area contributed by atoms with E-state index in [4.69, 9.17) is 4.74 Å². The number of carbonyl (C=O) groups is 2. The number of likely N-dealkylation sites (N-methyl/N-ethyl adjacent to an activating group) is 1. The van der Waals surface area contributed by atoms with Crippen LogP contribution in [0, 0.1) is 11.3 Å². The SMILES string of the molecule is CC(C)(C)OC(=O)N[C@@H]1CCc2ccccc2[N+](C)(c2ccc(-c3ccccc3C#N)cc2)C1=O. The number of carbonyl (C=O) groups excluding carboxylic acids is 2. The summed E-state index contributed by atoms with van der Waals surface area (Å²) in [4.78, 5) is 26.6. The van der Waals surface area contributed by atoms with Crippen LogP contribution in [0.15, 0.2) is 72.8 Å². The van der Waals surface area contributed by atoms with Crippen LogP contribution in [0.5, 0.6) is 0 Å². The van der Waals surface area contributed by atoms with E-state index in [1.54, 1.807) is 26.8 Å². The van der Waals surface area contributed by atoms with Crippen LogP contribution in [0.3, 0.4) is 0 Å². The standard InChI is InChI=1S/C29H29N3O3/c1-29(2,3)35-28(34)31-25-18-15-21-9-6-8-12-26(21)32(4,27(25)33)23-16-13-20(14-17-23)24-11-7-5-10-22(24)19-30/h5-14,16-17,25H,15,18H2,1-4H3/p+1/t25-,32?/m1/s1. The maximum absolute atomic E-state index is 14.0. The molecule has 1 heterocycles. The maximum atomic E-state index is 14.0. The Balaban J connectivity index is 1.75. The number of nitrogens with one attached hydrogen (secondary N) is 1. The Labute approximate surface area is 206 Å². The fraction of sp³-hybridized carbons (Fsp3) is 0.276. The van der Waals surface area contributed by atoms with E-state index in [0.29, 0.717) is 18.4 Å². The lowest BCUT2D eigenvalue weighted by Gasteiger charge is -2.33. The molecule has 1 N–H and O–H groups in total. The molecule has 2 atom stereocenters. The lowest BCUT2D eigenvalue weighted by atomic mass is 9.99. The molecule has 35 heavy (non-hydrogen) atoms. The van der Waals surface area contributed by atoms with Gasteiger partial charge in [-0.05, 0) is 62.9 Å². The molecule has 1 aliphatic heterocycles. The predicted octanol–water partition coefficient (Wildman–Crippen LogP) is 5.86. The largest absolute Gasteiger partial charge is 0.444 e. The van der Waals surface area contributed by atoms with Crippen molar-refractivity contribution in [1.82, 2.24) is 9.80 Å². The molecule has 0 aliphatic carbocycles. The fourth-order valence-electron chi connectivity index (χ4n) is 4.63. The zero-order chi connectivity index (χ0) is 25.2. The molecule has 1 aliphatic rings. The van der Waals surface area contributed by atoms with Crippen molar-refractivity contribution in [3.05, 3.63) is 83.9 Å². The molecule has 0 saturated heterocycles. The van der Waals surface area contributed by atoms with E-state index in [1.807, 2.05) is 73.8 Å². The van der Waals surface area contributed by atoms with Gasteiger partial charge in [-0.2, -0.15) is 9.74 Å². The average Bonchev–Trinajstić information content (AvgIpc) is 2.94. The topological polar surface area (TPSA) is 79.2 Å². The predicted molar refractivity (Wildman–Crippen MR) is 137 cm³/mol. The number of nitrogens with zero attached hydrogens (tertiary/aromatic N) is 2. The quantitative estimate of drug-likeness (QED) is 0.488. The Kier molecular flexibility index (Phi) is 6.47. The van der Waals surface area contributed by atoms with Gasteiger partial charge in [-0.15, -0.1) is 0 Å². The average molecular weight is 469 g/mol. The number of ether oxygens (including phenoxy) is 1. The van der Waals surface area contributed by atoms with Crippen LogP contribution in [-0.2, 0) is 16.0 Å². The van der Waals surface area contributed by atoms with Gasteiger partial charge in [-0.1, -0.05) is 36.4 Å². The molecule has 0 bridgehead atoms. The van der Waals surface area contributed by atoms with Crippen LogP contribution in [0.4, 0.5) is 16.2 Å². The summed E-state index contributed by atoms with van der Waals surface area (Å²) >= 11 is 0. The third kappa shape index (κ3) is 4.82. The zero-order valence-electron chi connectivity index (χ0n) is 20.5. The van der Waals surface area contributed by atoms with Crippen molar-refractivity contribution in [2.24, 2.45) is 0 Å². The Bertz CT molecular complexity index is 1300. The van der Waals surface area contributed by atoms with Crippen molar-refractivity contribution in [3.63, 3.8) is 0 Å². The van der Waals surface area contributed by atoms with Crippen LogP contribution >= 0.6 is 0 Å². The second kappa shape index (κ2) is 9.36. The highest BCUT2D eigenvalue weighted by atomic mass is 16.6. The van der Waals surface area contributed by atoms with Gasteiger partial charge in [0.1, 0.15) is 23.0 Å². The Morgan fingerprint density at radius 3 is 2.37 bits per heavy atom. The molecule has 6 nitrogen and oxygen atoms in total. The Morgan fingerprint density at radius 1 is 1.03 bits per heavy atom. The van der Waals surface area contributed by atoms with Gasteiger partial charge in [-0.25, -0.2) is 9.59 Å². The van der Waals surface area contributed by atoms with E-state index in [0.717, 1.165) is 28.1 Å². The third-order valence-electron chi connectivity index (χ3n) is 6.35. The van der Waals surface area contributed by atoms with Crippen molar-refractivity contribution in [2.75, 3.05) is 7.05 Å². The number of hydrogen-bond donors (Lipinski definition) is 1. The summed E-state index contributed by atoms with van der Waals surface area (Å²) in [5.74, 6) is -0.133. The zero-order valence-corrected chi connectivity index (χ0v) is 20.5. The molecule has 4 rings (SSSR count). The van der Waals surface area contributed by atoms with Crippen molar-refractivity contribution in [3.8, 4) is 17.2 Å². The summed E-state index contributed by atoms with van der Waals surface area (Å²) in [6, 6.07) is 24.6. The first-order valence-corrected chi connectivity index (χ1v) is 11.7. The summed E-state index contributed by atoms with van der Waals surface area (Å²) in [6.07, 6.45) is 0.539. The minimum atomic E-state index is -0.707. The van der Waals surface area contributed by atoms with E-state index < -0.39 is 17.7 Å². The number of fused-ring (bicyclic) bond motifs is 1. The van der Waals surface area contributed by atoms with E-state index in [1.165, 1.54) is 0 Å². The number of para-hydroxylation sites is 1. The molecular formula is C29H30N3O3+. The third-order valence-corrected chi connectivity index (χ3v) is 6.35. The van der Waals surface area contributed by atoms with Crippen molar-refractivity contribution >= 4 is 23.4 Å². The summed E-state index contributed by atoms with van der Waals surface area (Å²) in [6.45, 7) is 5.39. The van der Waals surface area contributed by atoms with Crippen molar-refractivity contribution < 1.29 is 14.3 Å². The molecule has 3 aromatic carbocycles. The second-order valence-corrected chi connectivity index (χ2v) is 9.91. The minimum absolute atomic E-state index is 0.0865. The van der Waals surface area contributed by atoms with Gasteiger partial charge in [0, 0.05) is 23.8 Å². The maximum Gasteiger partial charge on any atom is 0.408 e. The molecule has 6 heteroatoms. The van der Waals surface area contributed by atoms with Crippen molar-refractivity contribution in [1.29, 1.82) is 5.26 Å². The van der Waals surface area contributed by atoms with Crippen LogP contribution in [-0.4, -0.2) is 30.7 Å². The number of alkyl carbamates (subject to hydrolysis) is 1. The van der Waals surface area contributed by atoms with Crippen molar-refractivity contribution in [2.45, 2.75) is 45.3 Å². The highest BCUT2D eigenvalue weighted by molar-refractivity contribution is 6.00. The molecular weight excluding hydrogens is 438 g/mol. The van der Waals surface area contributed by atoms with Crippen LogP contribution in [0.1, 0.15) is 38.3 Å². The number of quaternary nitrogens is 1. The van der Waals surface area contributed by atoms with Gasteiger partial charge in [0.05, 0.1) is 18.7 Å². The number of nitriles is 1. The van der Waals surface area contributed by atoms with Crippen LogP contribution in [0.25, 0.3) is 11.1 Å². The highest BCUT2D eigenvalue weighted by Gasteiger charge is 2.46. The first kappa shape index (κ1) is 24.2. The number of benzene rings is 3. The summed E-state index contributed by atoms with van der Waals surface area (Å²) in [5, 5.41) is 12.3. The molecule has 0 radical (unpaired) electrons. The van der Waals surface area contributed by atoms with Gasteiger partial charge in [-0.3, -0.25) is 0 Å². The number of amides is 2. The fourth-order valence-corrected chi connectivity index (χ4v) is 4.63. The Hall–Kier alpha value is -3.95. The van der Waals surface area contributed by atoms with Crippen LogP contribution in [0.2, 0.25) is 0 Å². The molecule has 0 aromatic heterocycles. The monoisotopic (exact) mass is 468 g/mol. The first-order valence-electron chi connectivity index (χ1n) is 11.7. The van der Waals surface area contributed by atoms with Gasteiger partial charge < -0.3 is 10.1 Å². The van der Waals surface area contributed by atoms with E-state index in [2.05, 4.69) is 11.4 Å². The second-order valence-electron chi connectivity index (χ2n) is 9.91. The van der Waals surface area contributed by atoms with Gasteiger partial charge in [0.25, 0.3) is 0 Å². The minimum Gasteiger partial charge on any atom is -0.444 e. The smallest absolute Gasteiger partial charge is 0.408 e. The lowest BCUT2D eigenvalue weighted by Crippen LogP contribution is -2.56. The van der Waals surface area contributed by atoms with Gasteiger partial charge >= 0.3 is 12.0 Å². The summed E-state index contributed by atoms with van der Waals surface area (Å²) in [5.41, 5.74) is 4.41. The van der Waals surface area contributed by atoms with Gasteiger partial charge in [0.2, 0.25) is 0 Å². The highest BCUT2D eigenvalue weighted by Crippen LogP contribution is 2.40. The summed E-state index contributed by atoms with van der Waals surface area (Å²) in [7, 11) is 1.87. The Morgan fingerprint density at radius 2 is 1.69 bits per heavy atom. The lowest BCUT2D eigenvalue weighted by molar-refractivity contribution is -0.128. The molecule has 178 valence electrons. The molecule has 3 aromatic rings. The number of rotatable bonds is 3. The molecule has 0 saturated carbocycles. The molecule has 0 fully saturated rings. The summed E-state index contributed by atoms with van der Waals surface area (Å²) < 4.78 is 5.35. The van der Waals surface area contributed by atoms with E-state index in [9.17, 15) is 14.9 Å². The molecule has 2 amide bonds. The van der Waals surface area contributed by atoms with Gasteiger partial charge in [0.15, 0.2) is 0 Å². The van der Waals surface area contributed by atoms with E-state index >= 15 is 0 Å². The van der Waals surface area contributed by atoms with E-state index in [-0.39, 0.29) is 10.4 Å². The van der Waals surface area contributed by atoms with Crippen LogP contribution < -0.4 is 9.80 Å². The number of hydrogen-bond acceptors (Lipinski definition) is 4. The normalized spacial score (nSPS) is 19.7. The molecule has 1 unspecified atom stereocenters. The first-order chi connectivity index (χ1) is 16.6. The number of aryl methyl sites for hydroxylation is 1.